The number of rotatable bonds is 7. The molecule has 3 aliphatic carbocycles. The molecule has 0 bridgehead atoms. The molecule has 0 amide bonds. The average molecular weight is 435 g/mol. The van der Waals surface area contributed by atoms with Crippen LogP contribution in [0.1, 0.15) is 99.3 Å². The van der Waals surface area contributed by atoms with Crippen molar-refractivity contribution < 1.29 is 15.3 Å². The number of hydrogen-bond acceptors (Lipinski definition) is 3. The zero-order chi connectivity index (χ0) is 23.0. The van der Waals surface area contributed by atoms with Crippen molar-refractivity contribution in [2.45, 2.75) is 117 Å². The van der Waals surface area contributed by atoms with Gasteiger partial charge in [-0.25, -0.2) is 0 Å². The van der Waals surface area contributed by atoms with Crippen LogP contribution in [0.3, 0.4) is 0 Å². The van der Waals surface area contributed by atoms with Crippen molar-refractivity contribution in [2.24, 2.45) is 46.8 Å². The number of fused-ring (bicyclic) bond motifs is 1. The Kier molecular flexibility index (Phi) is 8.03. The van der Waals surface area contributed by atoms with Crippen LogP contribution in [0.15, 0.2) is 12.2 Å². The Morgan fingerprint density at radius 2 is 1.71 bits per heavy atom. The summed E-state index contributed by atoms with van der Waals surface area (Å²) in [7, 11) is 0. The molecule has 0 aliphatic heterocycles. The van der Waals surface area contributed by atoms with Crippen molar-refractivity contribution >= 4 is 0 Å². The molecule has 0 aromatic carbocycles. The smallest absolute Gasteiger partial charge is 0.0621 e. The molecule has 3 N–H and O–H groups in total. The van der Waals surface area contributed by atoms with Gasteiger partial charge in [-0.1, -0.05) is 59.1 Å². The molecular weight excluding hydrogens is 384 g/mol. The Balaban J connectivity index is 1.63. The summed E-state index contributed by atoms with van der Waals surface area (Å²) in [5, 5.41) is 31.0. The molecule has 0 heterocycles. The summed E-state index contributed by atoms with van der Waals surface area (Å²) in [5.41, 5.74) is -0.106. The molecule has 3 aliphatic rings. The first-order chi connectivity index (χ1) is 14.4. The lowest BCUT2D eigenvalue weighted by atomic mass is 9.59. The van der Waals surface area contributed by atoms with Crippen LogP contribution in [-0.4, -0.2) is 33.1 Å². The van der Waals surface area contributed by atoms with Gasteiger partial charge in [0.15, 0.2) is 0 Å². The molecule has 3 fully saturated rings. The van der Waals surface area contributed by atoms with Gasteiger partial charge in [0.2, 0.25) is 0 Å². The van der Waals surface area contributed by atoms with Crippen LogP contribution in [0.25, 0.3) is 0 Å². The Morgan fingerprint density at radius 1 is 1.03 bits per heavy atom. The molecule has 3 rings (SSSR count). The summed E-state index contributed by atoms with van der Waals surface area (Å²) in [5.74, 6) is 3.43. The van der Waals surface area contributed by atoms with Gasteiger partial charge >= 0.3 is 0 Å². The highest BCUT2D eigenvalue weighted by molar-refractivity contribution is 5.08. The molecule has 3 heteroatoms. The van der Waals surface area contributed by atoms with E-state index >= 15 is 0 Å². The summed E-state index contributed by atoms with van der Waals surface area (Å²) in [4.78, 5) is 0. The quantitative estimate of drug-likeness (QED) is 0.433. The number of aliphatic hydroxyl groups excluding tert-OH is 2. The summed E-state index contributed by atoms with van der Waals surface area (Å²) >= 11 is 0. The first-order valence-corrected chi connectivity index (χ1v) is 13.2. The second-order valence-electron chi connectivity index (χ2n) is 12.6. The minimum atomic E-state index is -0.544. The SMILES string of the molecule is CC1C(/C=C\C2CCC[C@@]3(C)C2CCC3[C@H](C)CCCC(C)(C)O)C[C@@H](O)[C@@H](C)[C@@H]1O. The van der Waals surface area contributed by atoms with Gasteiger partial charge in [0, 0.05) is 5.92 Å². The van der Waals surface area contributed by atoms with Gasteiger partial charge in [0.1, 0.15) is 0 Å². The molecule has 5 unspecified atom stereocenters. The molecule has 10 atom stereocenters. The second kappa shape index (κ2) is 9.85. The highest BCUT2D eigenvalue weighted by Crippen LogP contribution is 2.60. The molecule has 180 valence electrons. The molecule has 3 saturated carbocycles. The lowest BCUT2D eigenvalue weighted by molar-refractivity contribution is -0.0614. The summed E-state index contributed by atoms with van der Waals surface area (Å²) in [6.45, 7) is 13.0. The van der Waals surface area contributed by atoms with Gasteiger partial charge < -0.3 is 15.3 Å². The van der Waals surface area contributed by atoms with Crippen LogP contribution < -0.4 is 0 Å². The van der Waals surface area contributed by atoms with Crippen LogP contribution in [-0.2, 0) is 0 Å². The molecule has 3 nitrogen and oxygen atoms in total. The van der Waals surface area contributed by atoms with E-state index in [2.05, 4.69) is 32.9 Å². The molecule has 0 saturated heterocycles. The maximum Gasteiger partial charge on any atom is 0.0621 e. The van der Waals surface area contributed by atoms with E-state index in [9.17, 15) is 15.3 Å². The van der Waals surface area contributed by atoms with Gasteiger partial charge in [-0.2, -0.15) is 0 Å². The van der Waals surface area contributed by atoms with Gasteiger partial charge in [-0.3, -0.25) is 0 Å². The molecule has 0 aromatic heterocycles. The topological polar surface area (TPSA) is 60.7 Å². The minimum absolute atomic E-state index is 0.0221. The highest BCUT2D eigenvalue weighted by Gasteiger charge is 2.51. The zero-order valence-electron chi connectivity index (χ0n) is 21.1. The average Bonchev–Trinajstić information content (AvgIpc) is 3.04. The fraction of sp³-hybridized carbons (Fsp3) is 0.929. The number of allylic oxidation sites excluding steroid dienone is 2. The first kappa shape index (κ1) is 25.2. The van der Waals surface area contributed by atoms with E-state index in [4.69, 9.17) is 0 Å². The van der Waals surface area contributed by atoms with E-state index < -0.39 is 17.8 Å². The normalized spacial score (nSPS) is 45.1. The number of hydrogen-bond donors (Lipinski definition) is 3. The van der Waals surface area contributed by atoms with Crippen molar-refractivity contribution in [1.29, 1.82) is 0 Å². The third-order valence-electron chi connectivity index (χ3n) is 9.87. The molecule has 31 heavy (non-hydrogen) atoms. The summed E-state index contributed by atoms with van der Waals surface area (Å²) < 4.78 is 0. The van der Waals surface area contributed by atoms with E-state index in [0.717, 1.165) is 37.0 Å². The Hall–Kier alpha value is -0.380. The monoisotopic (exact) mass is 434 g/mol. The predicted octanol–water partition coefficient (Wildman–Crippen LogP) is 5.97. The lowest BCUT2D eigenvalue weighted by Crippen LogP contribution is -2.43. The summed E-state index contributed by atoms with van der Waals surface area (Å²) in [6.07, 6.45) is 14.7. The largest absolute Gasteiger partial charge is 0.393 e. The standard InChI is InChI=1S/C28H50O3/c1-18(9-7-15-27(4,5)31)23-13-14-24-21(10-8-16-28(23,24)6)11-12-22-17-25(29)20(3)26(30)19(22)2/h11-12,18-26,29-31H,7-10,13-17H2,1-6H3/b12-11-/t18-,19?,20-,21?,22?,23?,24?,25-,26-,28-/m1/s1. The fourth-order valence-corrected chi connectivity index (χ4v) is 7.72. The van der Waals surface area contributed by atoms with Gasteiger partial charge in [0.25, 0.3) is 0 Å². The predicted molar refractivity (Wildman–Crippen MR) is 129 cm³/mol. The van der Waals surface area contributed by atoms with Crippen LogP contribution >= 0.6 is 0 Å². The molecule has 0 spiro atoms. The van der Waals surface area contributed by atoms with Crippen LogP contribution in [0.4, 0.5) is 0 Å². The van der Waals surface area contributed by atoms with Crippen LogP contribution in [0.5, 0.6) is 0 Å². The summed E-state index contributed by atoms with van der Waals surface area (Å²) in [6, 6.07) is 0. The maximum absolute atomic E-state index is 10.5. The number of aliphatic hydroxyl groups is 3. The van der Waals surface area contributed by atoms with Crippen LogP contribution in [0.2, 0.25) is 0 Å². The van der Waals surface area contributed by atoms with Gasteiger partial charge in [-0.15, -0.1) is 0 Å². The fourth-order valence-electron chi connectivity index (χ4n) is 7.72. The Bertz CT molecular complexity index is 608. The van der Waals surface area contributed by atoms with Crippen molar-refractivity contribution in [2.75, 3.05) is 0 Å². The van der Waals surface area contributed by atoms with Crippen molar-refractivity contribution in [3.8, 4) is 0 Å². The Labute approximate surface area is 191 Å². The van der Waals surface area contributed by atoms with E-state index in [0.29, 0.717) is 11.3 Å². The van der Waals surface area contributed by atoms with Gasteiger partial charge in [-0.05, 0) is 93.3 Å². The van der Waals surface area contributed by atoms with Crippen molar-refractivity contribution in [1.82, 2.24) is 0 Å². The first-order valence-electron chi connectivity index (χ1n) is 13.2. The molecule has 0 aromatic rings. The van der Waals surface area contributed by atoms with E-state index in [1.165, 1.54) is 38.5 Å². The Morgan fingerprint density at radius 3 is 2.39 bits per heavy atom. The van der Waals surface area contributed by atoms with Gasteiger partial charge in [0.05, 0.1) is 17.8 Å². The lowest BCUT2D eigenvalue weighted by Gasteiger charge is -2.46. The van der Waals surface area contributed by atoms with Crippen molar-refractivity contribution in [3.05, 3.63) is 12.2 Å². The maximum atomic E-state index is 10.5. The zero-order valence-corrected chi connectivity index (χ0v) is 21.1. The van der Waals surface area contributed by atoms with E-state index in [1.807, 2.05) is 20.8 Å². The van der Waals surface area contributed by atoms with E-state index in [-0.39, 0.29) is 17.8 Å². The second-order valence-corrected chi connectivity index (χ2v) is 12.6. The van der Waals surface area contributed by atoms with Crippen LogP contribution in [0, 0.1) is 46.8 Å². The molecule has 0 radical (unpaired) electrons. The van der Waals surface area contributed by atoms with E-state index in [1.54, 1.807) is 0 Å². The third kappa shape index (κ3) is 5.58. The minimum Gasteiger partial charge on any atom is -0.393 e. The third-order valence-corrected chi connectivity index (χ3v) is 9.87. The van der Waals surface area contributed by atoms with Crippen molar-refractivity contribution in [3.63, 3.8) is 0 Å². The molecular formula is C28H50O3. The highest BCUT2D eigenvalue weighted by atomic mass is 16.3.